The predicted molar refractivity (Wildman–Crippen MR) is 89.6 cm³/mol. The molecule has 23 heavy (non-hydrogen) atoms. The second kappa shape index (κ2) is 6.97. The summed E-state index contributed by atoms with van der Waals surface area (Å²) in [6.07, 6.45) is 0. The van der Waals surface area contributed by atoms with Crippen LogP contribution in [0, 0.1) is 0 Å². The van der Waals surface area contributed by atoms with E-state index < -0.39 is 0 Å². The molecule has 0 amide bonds. The lowest BCUT2D eigenvalue weighted by molar-refractivity contribution is 0.282. The van der Waals surface area contributed by atoms with Crippen LogP contribution in [0.15, 0.2) is 40.9 Å². The van der Waals surface area contributed by atoms with Gasteiger partial charge in [0.1, 0.15) is 6.61 Å². The van der Waals surface area contributed by atoms with Crippen molar-refractivity contribution in [1.82, 2.24) is 20.6 Å². The maximum Gasteiger partial charge on any atom is 0.204 e. The number of halogens is 2. The number of rotatable bonds is 5. The van der Waals surface area contributed by atoms with E-state index in [0.717, 1.165) is 15.6 Å². The number of tetrazole rings is 1. The van der Waals surface area contributed by atoms with Gasteiger partial charge in [-0.2, -0.15) is 5.21 Å². The number of ether oxygens (including phenoxy) is 2. The first-order valence-corrected chi connectivity index (χ1v) is 7.83. The minimum absolute atomic E-state index is 0.397. The fraction of sp³-hybridized carbons (Fsp3) is 0.133. The number of methoxy groups -OCH3 is 1. The van der Waals surface area contributed by atoms with Crippen LogP contribution in [-0.4, -0.2) is 27.7 Å². The smallest absolute Gasteiger partial charge is 0.204 e. The fourth-order valence-corrected chi connectivity index (χ4v) is 2.69. The lowest BCUT2D eigenvalue weighted by atomic mass is 10.2. The van der Waals surface area contributed by atoms with E-state index in [-0.39, 0.29) is 0 Å². The number of aromatic nitrogens is 4. The monoisotopic (exact) mass is 394 g/mol. The largest absolute Gasteiger partial charge is 0.493 e. The zero-order valence-corrected chi connectivity index (χ0v) is 14.4. The molecule has 0 atom stereocenters. The molecular weight excluding hydrogens is 384 g/mol. The number of aromatic amines is 1. The van der Waals surface area contributed by atoms with E-state index in [0.29, 0.717) is 29.0 Å². The molecule has 1 aromatic heterocycles. The highest BCUT2D eigenvalue weighted by molar-refractivity contribution is 9.10. The molecule has 0 bridgehead atoms. The fourth-order valence-electron chi connectivity index (χ4n) is 2.01. The Morgan fingerprint density at radius 1 is 1.22 bits per heavy atom. The molecule has 3 aromatic rings. The molecule has 0 unspecified atom stereocenters. The highest BCUT2D eigenvalue weighted by atomic mass is 79.9. The highest BCUT2D eigenvalue weighted by Crippen LogP contribution is 2.39. The normalized spacial score (nSPS) is 10.6. The lowest BCUT2D eigenvalue weighted by Gasteiger charge is -2.13. The SMILES string of the molecule is COc1cc(-c2nn[nH]n2)cc(Br)c1OCc1ccc(Cl)cc1. The van der Waals surface area contributed by atoms with Crippen molar-refractivity contribution >= 4 is 27.5 Å². The van der Waals surface area contributed by atoms with E-state index in [1.807, 2.05) is 30.3 Å². The van der Waals surface area contributed by atoms with Crippen LogP contribution in [0.25, 0.3) is 11.4 Å². The Bertz CT molecular complexity index is 794. The van der Waals surface area contributed by atoms with Crippen LogP contribution in [0.2, 0.25) is 5.02 Å². The number of hydrogen-bond acceptors (Lipinski definition) is 5. The van der Waals surface area contributed by atoms with E-state index in [1.165, 1.54) is 0 Å². The van der Waals surface area contributed by atoms with E-state index >= 15 is 0 Å². The summed E-state index contributed by atoms with van der Waals surface area (Å²) in [4.78, 5) is 0. The Labute approximate surface area is 145 Å². The van der Waals surface area contributed by atoms with Crippen molar-refractivity contribution in [2.45, 2.75) is 6.61 Å². The van der Waals surface area contributed by atoms with Crippen molar-refractivity contribution in [2.24, 2.45) is 0 Å². The van der Waals surface area contributed by atoms with Gasteiger partial charge in [0, 0.05) is 10.6 Å². The van der Waals surface area contributed by atoms with Crippen LogP contribution in [-0.2, 0) is 6.61 Å². The molecule has 0 radical (unpaired) electrons. The zero-order valence-electron chi connectivity index (χ0n) is 12.1. The Hall–Kier alpha value is -2.12. The third-order valence-electron chi connectivity index (χ3n) is 3.13. The van der Waals surface area contributed by atoms with Crippen LogP contribution in [0.5, 0.6) is 11.5 Å². The Morgan fingerprint density at radius 2 is 2.00 bits per heavy atom. The van der Waals surface area contributed by atoms with Crippen molar-refractivity contribution in [3.8, 4) is 22.9 Å². The predicted octanol–water partition coefficient (Wildman–Crippen LogP) is 3.87. The first kappa shape index (κ1) is 15.8. The molecule has 0 fully saturated rings. The molecular formula is C15H12BrClN4O2. The molecule has 2 aromatic carbocycles. The summed E-state index contributed by atoms with van der Waals surface area (Å²) in [5.41, 5.74) is 1.77. The van der Waals surface area contributed by atoms with Crippen molar-refractivity contribution in [2.75, 3.05) is 7.11 Å². The van der Waals surface area contributed by atoms with Crippen molar-refractivity contribution in [1.29, 1.82) is 0 Å². The summed E-state index contributed by atoms with van der Waals surface area (Å²) in [5, 5.41) is 14.6. The van der Waals surface area contributed by atoms with E-state index in [9.17, 15) is 0 Å². The molecule has 0 saturated heterocycles. The van der Waals surface area contributed by atoms with Crippen LogP contribution in [0.3, 0.4) is 0 Å². The molecule has 6 nitrogen and oxygen atoms in total. The average Bonchev–Trinajstić information content (AvgIpc) is 3.09. The summed E-state index contributed by atoms with van der Waals surface area (Å²) in [5.74, 6) is 1.66. The second-order valence-corrected chi connectivity index (χ2v) is 5.93. The molecule has 118 valence electrons. The van der Waals surface area contributed by atoms with Gasteiger partial charge in [0.05, 0.1) is 11.6 Å². The van der Waals surface area contributed by atoms with Crippen molar-refractivity contribution in [3.63, 3.8) is 0 Å². The van der Waals surface area contributed by atoms with Gasteiger partial charge in [0.25, 0.3) is 0 Å². The molecule has 3 rings (SSSR count). The molecule has 1 N–H and O–H groups in total. The Kier molecular flexibility index (Phi) is 4.78. The number of nitrogens with one attached hydrogen (secondary N) is 1. The van der Waals surface area contributed by atoms with Gasteiger partial charge in [-0.1, -0.05) is 23.7 Å². The van der Waals surface area contributed by atoms with Crippen molar-refractivity contribution < 1.29 is 9.47 Å². The molecule has 0 spiro atoms. The van der Waals surface area contributed by atoms with E-state index in [4.69, 9.17) is 21.1 Å². The summed E-state index contributed by atoms with van der Waals surface area (Å²) in [6, 6.07) is 11.1. The number of hydrogen-bond donors (Lipinski definition) is 1. The molecule has 8 heteroatoms. The van der Waals surface area contributed by atoms with Crippen LogP contribution in [0.4, 0.5) is 0 Å². The molecule has 0 aliphatic heterocycles. The van der Waals surface area contributed by atoms with E-state index in [2.05, 4.69) is 36.6 Å². The standard InChI is InChI=1S/C15H12BrClN4O2/c1-22-13-7-10(15-18-20-21-19-15)6-12(16)14(13)23-8-9-2-4-11(17)5-3-9/h2-7H,8H2,1H3,(H,18,19,20,21). The minimum Gasteiger partial charge on any atom is -0.493 e. The van der Waals surface area contributed by atoms with Gasteiger partial charge in [-0.15, -0.1) is 10.2 Å². The number of benzene rings is 2. The summed E-state index contributed by atoms with van der Waals surface area (Å²) in [7, 11) is 1.58. The zero-order chi connectivity index (χ0) is 16.2. The van der Waals surface area contributed by atoms with Crippen LogP contribution in [0.1, 0.15) is 5.56 Å². The lowest BCUT2D eigenvalue weighted by Crippen LogP contribution is -1.99. The summed E-state index contributed by atoms with van der Waals surface area (Å²) < 4.78 is 12.0. The quantitative estimate of drug-likeness (QED) is 0.710. The first-order valence-electron chi connectivity index (χ1n) is 6.66. The van der Waals surface area contributed by atoms with Gasteiger partial charge in [0.2, 0.25) is 5.82 Å². The number of H-pyrrole nitrogens is 1. The van der Waals surface area contributed by atoms with Crippen LogP contribution < -0.4 is 9.47 Å². The second-order valence-electron chi connectivity index (χ2n) is 4.64. The van der Waals surface area contributed by atoms with Gasteiger partial charge >= 0.3 is 0 Å². The Morgan fingerprint density at radius 3 is 2.65 bits per heavy atom. The molecule has 1 heterocycles. The van der Waals surface area contributed by atoms with Gasteiger partial charge < -0.3 is 9.47 Å². The van der Waals surface area contributed by atoms with Crippen molar-refractivity contribution in [3.05, 3.63) is 51.5 Å². The molecule has 0 saturated carbocycles. The minimum atomic E-state index is 0.397. The van der Waals surface area contributed by atoms with Crippen LogP contribution >= 0.6 is 27.5 Å². The third-order valence-corrected chi connectivity index (χ3v) is 3.97. The maximum absolute atomic E-state index is 5.88. The number of nitrogens with zero attached hydrogens (tertiary/aromatic N) is 3. The topological polar surface area (TPSA) is 72.9 Å². The average molecular weight is 396 g/mol. The molecule has 0 aliphatic carbocycles. The Balaban J connectivity index is 1.85. The highest BCUT2D eigenvalue weighted by Gasteiger charge is 2.15. The summed E-state index contributed by atoms with van der Waals surface area (Å²) in [6.45, 7) is 0.397. The summed E-state index contributed by atoms with van der Waals surface area (Å²) >= 11 is 9.38. The van der Waals surface area contributed by atoms with Gasteiger partial charge in [0.15, 0.2) is 11.5 Å². The van der Waals surface area contributed by atoms with Gasteiger partial charge in [-0.3, -0.25) is 0 Å². The first-order chi connectivity index (χ1) is 11.2. The van der Waals surface area contributed by atoms with Gasteiger partial charge in [-0.25, -0.2) is 0 Å². The molecule has 0 aliphatic rings. The van der Waals surface area contributed by atoms with E-state index in [1.54, 1.807) is 13.2 Å². The maximum atomic E-state index is 5.88. The van der Waals surface area contributed by atoms with Gasteiger partial charge in [-0.05, 0) is 51.0 Å². The third kappa shape index (κ3) is 3.62.